The molecule has 6 rings (SSSR count). The molecule has 1 saturated heterocycles. The maximum atomic E-state index is 13.8. The molecule has 1 aliphatic rings. The monoisotopic (exact) mass is 526 g/mol. The minimum atomic E-state index is -4.51. The van der Waals surface area contributed by atoms with E-state index in [4.69, 9.17) is 14.0 Å². The van der Waals surface area contributed by atoms with Gasteiger partial charge < -0.3 is 14.0 Å². The zero-order chi connectivity index (χ0) is 25.6. The van der Waals surface area contributed by atoms with Crippen molar-refractivity contribution in [1.82, 2.24) is 19.9 Å². The highest BCUT2D eigenvalue weighted by atomic mass is 32.1. The number of benzene rings is 2. The maximum Gasteiger partial charge on any atom is 0.426 e. The average Bonchev–Trinajstić information content (AvgIpc) is 3.61. The quantitative estimate of drug-likeness (QED) is 0.227. The Morgan fingerprint density at radius 2 is 1.84 bits per heavy atom. The van der Waals surface area contributed by atoms with Crippen molar-refractivity contribution in [1.29, 1.82) is 0 Å². The fourth-order valence-corrected chi connectivity index (χ4v) is 5.40. The molecule has 2 aromatic carbocycles. The van der Waals surface area contributed by atoms with Crippen molar-refractivity contribution in [2.45, 2.75) is 45.1 Å². The van der Waals surface area contributed by atoms with Gasteiger partial charge in [-0.3, -0.25) is 4.68 Å². The van der Waals surface area contributed by atoms with E-state index in [1.165, 1.54) is 6.07 Å². The van der Waals surface area contributed by atoms with Gasteiger partial charge in [-0.25, -0.2) is 0 Å². The first kappa shape index (κ1) is 23.8. The van der Waals surface area contributed by atoms with Gasteiger partial charge in [-0.1, -0.05) is 47.6 Å². The highest BCUT2D eigenvalue weighted by molar-refractivity contribution is 7.16. The van der Waals surface area contributed by atoms with Gasteiger partial charge in [0.15, 0.2) is 12.6 Å². The topological polar surface area (TPSA) is 75.2 Å². The number of aromatic nitrogens is 4. The second-order valence-electron chi connectivity index (χ2n) is 8.66. The van der Waals surface area contributed by atoms with Crippen LogP contribution < -0.4 is 0 Å². The number of hydrogen-bond acceptors (Lipinski definition) is 7. The van der Waals surface area contributed by atoms with Crippen LogP contribution >= 0.6 is 11.3 Å². The number of nitrogens with zero attached hydrogens (tertiary/aromatic N) is 4. The summed E-state index contributed by atoms with van der Waals surface area (Å²) in [6.07, 6.45) is -1.48. The van der Waals surface area contributed by atoms with E-state index in [9.17, 15) is 13.2 Å². The van der Waals surface area contributed by atoms with Crippen molar-refractivity contribution in [2.24, 2.45) is 0 Å². The van der Waals surface area contributed by atoms with Gasteiger partial charge in [-0.15, -0.1) is 11.3 Å². The molecule has 37 heavy (non-hydrogen) atoms. The minimum absolute atomic E-state index is 0.0341. The third-order valence-electron chi connectivity index (χ3n) is 6.14. The average molecular weight is 527 g/mol. The fourth-order valence-electron chi connectivity index (χ4n) is 4.43. The lowest BCUT2D eigenvalue weighted by atomic mass is 10.1. The van der Waals surface area contributed by atoms with Gasteiger partial charge in [0, 0.05) is 29.5 Å². The van der Waals surface area contributed by atoms with Crippen LogP contribution in [-0.2, 0) is 22.2 Å². The van der Waals surface area contributed by atoms with Crippen LogP contribution in [-0.4, -0.2) is 32.5 Å². The van der Waals surface area contributed by atoms with E-state index in [2.05, 4.69) is 15.2 Å². The zero-order valence-corrected chi connectivity index (χ0v) is 20.4. The van der Waals surface area contributed by atoms with Crippen molar-refractivity contribution in [2.75, 3.05) is 0 Å². The highest BCUT2D eigenvalue weighted by Gasteiger charge is 2.37. The predicted molar refractivity (Wildman–Crippen MR) is 131 cm³/mol. The van der Waals surface area contributed by atoms with E-state index < -0.39 is 11.1 Å². The Morgan fingerprint density at radius 3 is 2.59 bits per heavy atom. The molecule has 3 aromatic heterocycles. The lowest BCUT2D eigenvalue weighted by Gasteiger charge is -2.33. The molecule has 0 spiro atoms. The molecule has 0 aliphatic carbocycles. The van der Waals surface area contributed by atoms with E-state index in [1.807, 2.05) is 29.8 Å². The third kappa shape index (κ3) is 4.65. The van der Waals surface area contributed by atoms with Crippen LogP contribution in [0.4, 0.5) is 13.2 Å². The second kappa shape index (κ2) is 9.40. The molecule has 190 valence electrons. The Hall–Kier alpha value is -3.54. The molecule has 0 bridgehead atoms. The molecule has 0 saturated carbocycles. The molecule has 0 N–H and O–H groups in total. The number of rotatable bonds is 7. The van der Waals surface area contributed by atoms with E-state index in [0.717, 1.165) is 23.7 Å². The van der Waals surface area contributed by atoms with Crippen molar-refractivity contribution in [3.8, 4) is 33.3 Å². The highest BCUT2D eigenvalue weighted by Crippen LogP contribution is 2.45. The fraction of sp³-hybridized carbons (Fsp3) is 0.269. The van der Waals surface area contributed by atoms with Gasteiger partial charge in [0.1, 0.15) is 4.88 Å². The van der Waals surface area contributed by atoms with Gasteiger partial charge in [0.2, 0.25) is 5.82 Å². The summed E-state index contributed by atoms with van der Waals surface area (Å²) in [7, 11) is 0. The first-order chi connectivity index (χ1) is 17.9. The summed E-state index contributed by atoms with van der Waals surface area (Å²) in [6.45, 7) is 2.54. The Kier molecular flexibility index (Phi) is 6.06. The molecule has 0 unspecified atom stereocenters. The number of ether oxygens (including phenoxy) is 2. The molecule has 7 nitrogen and oxygen atoms in total. The molecule has 1 aliphatic heterocycles. The van der Waals surface area contributed by atoms with Gasteiger partial charge in [-0.2, -0.15) is 23.3 Å². The summed E-state index contributed by atoms with van der Waals surface area (Å²) in [4.78, 5) is 3.99. The first-order valence-corrected chi connectivity index (χ1v) is 12.5. The number of aryl methyl sites for hydroxylation is 1. The minimum Gasteiger partial charge on any atom is -0.333 e. The van der Waals surface area contributed by atoms with E-state index in [0.29, 0.717) is 29.0 Å². The van der Waals surface area contributed by atoms with Crippen molar-refractivity contribution in [3.05, 3.63) is 65.7 Å². The van der Waals surface area contributed by atoms with Gasteiger partial charge in [0.25, 0.3) is 5.89 Å². The predicted octanol–water partition coefficient (Wildman–Crippen LogP) is 7.00. The molecule has 0 atom stereocenters. The number of halogens is 3. The Bertz CT molecular complexity index is 1540. The van der Waals surface area contributed by atoms with Crippen LogP contribution in [0.25, 0.3) is 44.2 Å². The molecule has 1 fully saturated rings. The number of fused-ring (bicyclic) bond motifs is 1. The van der Waals surface area contributed by atoms with Crippen LogP contribution in [0.3, 0.4) is 0 Å². The van der Waals surface area contributed by atoms with Crippen LogP contribution in [0.1, 0.15) is 24.6 Å². The van der Waals surface area contributed by atoms with Crippen LogP contribution in [0.15, 0.2) is 65.3 Å². The second-order valence-corrected chi connectivity index (χ2v) is 9.71. The smallest absolute Gasteiger partial charge is 0.333 e. The van der Waals surface area contributed by atoms with Crippen molar-refractivity contribution in [3.63, 3.8) is 0 Å². The van der Waals surface area contributed by atoms with Crippen molar-refractivity contribution < 1.29 is 27.2 Å². The molecule has 0 amide bonds. The van der Waals surface area contributed by atoms with E-state index in [-0.39, 0.29) is 34.7 Å². The Morgan fingerprint density at radius 1 is 1.03 bits per heavy atom. The normalized spacial score (nSPS) is 17.8. The summed E-state index contributed by atoms with van der Waals surface area (Å²) in [5.74, 6) is 0.320. The van der Waals surface area contributed by atoms with Crippen LogP contribution in [0.5, 0.6) is 0 Å². The molecule has 4 heterocycles. The van der Waals surface area contributed by atoms with Crippen molar-refractivity contribution >= 4 is 22.2 Å². The number of thiophene rings is 1. The molecule has 11 heteroatoms. The van der Waals surface area contributed by atoms with Gasteiger partial charge >= 0.3 is 6.18 Å². The SMILES string of the molecule is CC1OC(CCCn2ncc3c(-c4noc(-c5cc(-c6ccccc6)c(C(F)(F)F)s5)n4)cccc32)O1. The Labute approximate surface area is 213 Å². The first-order valence-electron chi connectivity index (χ1n) is 11.7. The zero-order valence-electron chi connectivity index (χ0n) is 19.6. The standard InChI is InChI=1S/C26H21F3N4O3S/c1-15-34-22(35-15)11-6-12-33-20-10-5-9-17(19(20)14-30-33)24-31-25(36-32-24)21-13-18(16-7-3-2-4-8-16)23(37-21)26(27,28)29/h2-5,7-10,13-15,22H,6,11-12H2,1H3. The molecule has 5 aromatic rings. The summed E-state index contributed by atoms with van der Waals surface area (Å²) in [5, 5.41) is 9.41. The molecular formula is C26H21F3N4O3S. The van der Waals surface area contributed by atoms with Gasteiger partial charge in [0.05, 0.1) is 16.6 Å². The number of hydrogen-bond donors (Lipinski definition) is 0. The maximum absolute atomic E-state index is 13.8. The third-order valence-corrected chi connectivity index (χ3v) is 7.30. The molecular weight excluding hydrogens is 505 g/mol. The lowest BCUT2D eigenvalue weighted by Crippen LogP contribution is -2.38. The van der Waals surface area contributed by atoms with Gasteiger partial charge in [-0.05, 0) is 31.0 Å². The largest absolute Gasteiger partial charge is 0.426 e. The Balaban J connectivity index is 1.28. The summed E-state index contributed by atoms with van der Waals surface area (Å²) in [6, 6.07) is 15.6. The van der Waals surface area contributed by atoms with E-state index in [1.54, 1.807) is 36.5 Å². The summed E-state index contributed by atoms with van der Waals surface area (Å²) in [5.41, 5.74) is 2.14. The molecule has 0 radical (unpaired) electrons. The lowest BCUT2D eigenvalue weighted by molar-refractivity contribution is -0.377. The number of alkyl halides is 3. The van der Waals surface area contributed by atoms with E-state index >= 15 is 0 Å². The van der Waals surface area contributed by atoms with Crippen LogP contribution in [0.2, 0.25) is 0 Å². The van der Waals surface area contributed by atoms with Crippen LogP contribution in [0, 0.1) is 0 Å². The summed E-state index contributed by atoms with van der Waals surface area (Å²) >= 11 is 0.591. The summed E-state index contributed by atoms with van der Waals surface area (Å²) < 4.78 is 59.7.